The zero-order chi connectivity index (χ0) is 12.3. The maximum Gasteiger partial charge on any atom is 0.191 e. The van der Waals surface area contributed by atoms with E-state index < -0.39 is 0 Å². The van der Waals surface area contributed by atoms with Crippen LogP contribution in [0.2, 0.25) is 0 Å². The number of halogens is 1. The summed E-state index contributed by atoms with van der Waals surface area (Å²) in [7, 11) is 0. The summed E-state index contributed by atoms with van der Waals surface area (Å²) in [5.74, 6) is 1.43. The van der Waals surface area contributed by atoms with Crippen molar-refractivity contribution in [2.75, 3.05) is 13.1 Å². The van der Waals surface area contributed by atoms with Crippen LogP contribution in [-0.4, -0.2) is 23.9 Å². The van der Waals surface area contributed by atoms with Crippen molar-refractivity contribution >= 4 is 33.2 Å². The van der Waals surface area contributed by atoms with Crippen molar-refractivity contribution in [3.8, 4) is 0 Å². The van der Waals surface area contributed by atoms with Crippen LogP contribution in [-0.2, 0) is 6.54 Å². The molecular formula is C12H18BrN3S. The molecule has 2 heterocycles. The summed E-state index contributed by atoms with van der Waals surface area (Å²) in [6.07, 6.45) is 2.53. The number of hydrogen-bond acceptors (Lipinski definition) is 2. The monoisotopic (exact) mass is 315 g/mol. The maximum absolute atomic E-state index is 6.03. The number of piperidine rings is 1. The van der Waals surface area contributed by atoms with E-state index in [9.17, 15) is 0 Å². The number of nitrogens with zero attached hydrogens (tertiary/aromatic N) is 2. The SMILES string of the molecule is CC1CCCN(C(N)=NCc2cc(Br)cs2)C1. The molecule has 2 rings (SSSR count). The fraction of sp³-hybridized carbons (Fsp3) is 0.583. The van der Waals surface area contributed by atoms with E-state index in [1.165, 1.54) is 17.7 Å². The van der Waals surface area contributed by atoms with Crippen molar-refractivity contribution < 1.29 is 0 Å². The largest absolute Gasteiger partial charge is 0.370 e. The van der Waals surface area contributed by atoms with Crippen LogP contribution >= 0.6 is 27.3 Å². The fourth-order valence-corrected chi connectivity index (χ4v) is 3.47. The zero-order valence-electron chi connectivity index (χ0n) is 10.0. The second-order valence-corrected chi connectivity index (χ2v) is 6.51. The lowest BCUT2D eigenvalue weighted by molar-refractivity contribution is 0.270. The topological polar surface area (TPSA) is 41.6 Å². The summed E-state index contributed by atoms with van der Waals surface area (Å²) < 4.78 is 1.12. The Bertz CT molecular complexity index is 402. The Morgan fingerprint density at radius 2 is 2.53 bits per heavy atom. The van der Waals surface area contributed by atoms with E-state index in [2.05, 4.69) is 44.2 Å². The minimum atomic E-state index is 0.687. The lowest BCUT2D eigenvalue weighted by Gasteiger charge is -2.31. The summed E-state index contributed by atoms with van der Waals surface area (Å²) in [5.41, 5.74) is 6.03. The van der Waals surface area contributed by atoms with Gasteiger partial charge in [-0.25, -0.2) is 4.99 Å². The molecule has 0 radical (unpaired) electrons. The highest BCUT2D eigenvalue weighted by Crippen LogP contribution is 2.20. The van der Waals surface area contributed by atoms with Gasteiger partial charge in [-0.05, 0) is 40.8 Å². The highest BCUT2D eigenvalue weighted by molar-refractivity contribution is 9.10. The van der Waals surface area contributed by atoms with E-state index in [-0.39, 0.29) is 0 Å². The first-order valence-electron chi connectivity index (χ1n) is 5.93. The van der Waals surface area contributed by atoms with Gasteiger partial charge in [0.2, 0.25) is 0 Å². The summed E-state index contributed by atoms with van der Waals surface area (Å²) >= 11 is 5.15. The Kier molecular flexibility index (Phi) is 4.45. The summed E-state index contributed by atoms with van der Waals surface area (Å²) in [6, 6.07) is 2.10. The van der Waals surface area contributed by atoms with Gasteiger partial charge in [-0.2, -0.15) is 0 Å². The van der Waals surface area contributed by atoms with E-state index in [4.69, 9.17) is 5.73 Å². The second-order valence-electron chi connectivity index (χ2n) is 4.60. The van der Waals surface area contributed by atoms with Crippen molar-refractivity contribution in [3.05, 3.63) is 20.8 Å². The quantitative estimate of drug-likeness (QED) is 0.673. The van der Waals surface area contributed by atoms with Gasteiger partial charge < -0.3 is 10.6 Å². The van der Waals surface area contributed by atoms with Crippen molar-refractivity contribution in [2.45, 2.75) is 26.3 Å². The van der Waals surface area contributed by atoms with Gasteiger partial charge >= 0.3 is 0 Å². The molecule has 1 fully saturated rings. The standard InChI is InChI=1S/C12H18BrN3S/c1-9-3-2-4-16(7-9)12(14)15-6-11-5-10(13)8-17-11/h5,8-9H,2-4,6-7H2,1H3,(H2,14,15). The first-order valence-corrected chi connectivity index (χ1v) is 7.60. The smallest absolute Gasteiger partial charge is 0.191 e. The molecule has 0 aromatic carbocycles. The minimum Gasteiger partial charge on any atom is -0.370 e. The third kappa shape index (κ3) is 3.71. The zero-order valence-corrected chi connectivity index (χ0v) is 12.4. The molecule has 17 heavy (non-hydrogen) atoms. The fourth-order valence-electron chi connectivity index (χ4n) is 2.09. The molecule has 5 heteroatoms. The summed E-state index contributed by atoms with van der Waals surface area (Å²) in [4.78, 5) is 7.92. The Morgan fingerprint density at radius 3 is 3.18 bits per heavy atom. The van der Waals surface area contributed by atoms with Gasteiger partial charge in [-0.3, -0.25) is 0 Å². The van der Waals surface area contributed by atoms with Crippen LogP contribution < -0.4 is 5.73 Å². The van der Waals surface area contributed by atoms with Crippen LogP contribution in [0.1, 0.15) is 24.6 Å². The molecule has 0 aliphatic carbocycles. The van der Waals surface area contributed by atoms with Crippen molar-refractivity contribution in [3.63, 3.8) is 0 Å². The third-order valence-electron chi connectivity index (χ3n) is 3.00. The molecule has 2 N–H and O–H groups in total. The van der Waals surface area contributed by atoms with Crippen LogP contribution in [0.3, 0.4) is 0 Å². The van der Waals surface area contributed by atoms with E-state index in [0.717, 1.165) is 23.5 Å². The molecule has 0 spiro atoms. The van der Waals surface area contributed by atoms with Crippen LogP contribution in [0, 0.1) is 5.92 Å². The van der Waals surface area contributed by atoms with Gasteiger partial charge in [0.15, 0.2) is 5.96 Å². The molecule has 1 atom stereocenters. The van der Waals surface area contributed by atoms with E-state index in [1.807, 2.05) is 0 Å². The maximum atomic E-state index is 6.03. The number of guanidine groups is 1. The molecule has 1 unspecified atom stereocenters. The van der Waals surface area contributed by atoms with E-state index in [0.29, 0.717) is 12.5 Å². The van der Waals surface area contributed by atoms with Gasteiger partial charge in [0.25, 0.3) is 0 Å². The predicted molar refractivity (Wildman–Crippen MR) is 77.3 cm³/mol. The van der Waals surface area contributed by atoms with Gasteiger partial charge in [-0.15, -0.1) is 11.3 Å². The highest BCUT2D eigenvalue weighted by atomic mass is 79.9. The van der Waals surface area contributed by atoms with Crippen molar-refractivity contribution in [2.24, 2.45) is 16.6 Å². The first-order chi connectivity index (χ1) is 8.15. The van der Waals surface area contributed by atoms with E-state index >= 15 is 0 Å². The average Bonchev–Trinajstić information content (AvgIpc) is 2.72. The van der Waals surface area contributed by atoms with Crippen molar-refractivity contribution in [1.29, 1.82) is 0 Å². The lowest BCUT2D eigenvalue weighted by Crippen LogP contribution is -2.43. The van der Waals surface area contributed by atoms with Crippen molar-refractivity contribution in [1.82, 2.24) is 4.90 Å². The van der Waals surface area contributed by atoms with Gasteiger partial charge in [0.05, 0.1) is 6.54 Å². The summed E-state index contributed by atoms with van der Waals surface area (Å²) in [5, 5.41) is 2.07. The van der Waals surface area contributed by atoms with Crippen LogP contribution in [0.4, 0.5) is 0 Å². The Labute approximate surface area is 115 Å². The molecule has 1 saturated heterocycles. The van der Waals surface area contributed by atoms with Gasteiger partial charge in [-0.1, -0.05) is 6.92 Å². The molecule has 0 amide bonds. The minimum absolute atomic E-state index is 0.687. The normalized spacial score (nSPS) is 21.9. The molecule has 3 nitrogen and oxygen atoms in total. The second kappa shape index (κ2) is 5.87. The lowest BCUT2D eigenvalue weighted by atomic mass is 10.0. The Hall–Kier alpha value is -0.550. The molecule has 1 aromatic rings. The number of hydrogen-bond donors (Lipinski definition) is 1. The number of thiophene rings is 1. The number of nitrogens with two attached hydrogens (primary N) is 1. The van der Waals surface area contributed by atoms with Gasteiger partial charge in [0, 0.05) is 27.8 Å². The molecule has 94 valence electrons. The molecule has 1 aliphatic heterocycles. The Morgan fingerprint density at radius 1 is 1.71 bits per heavy atom. The van der Waals surface area contributed by atoms with Crippen LogP contribution in [0.5, 0.6) is 0 Å². The number of aliphatic imine (C=N–C) groups is 1. The summed E-state index contributed by atoms with van der Waals surface area (Å²) in [6.45, 7) is 5.06. The predicted octanol–water partition coefficient (Wildman–Crippen LogP) is 3.06. The number of rotatable bonds is 2. The van der Waals surface area contributed by atoms with Crippen LogP contribution in [0.25, 0.3) is 0 Å². The number of likely N-dealkylation sites (tertiary alicyclic amines) is 1. The molecule has 1 aliphatic rings. The van der Waals surface area contributed by atoms with E-state index in [1.54, 1.807) is 11.3 Å². The Balaban J connectivity index is 1.92. The molecule has 0 saturated carbocycles. The third-order valence-corrected chi connectivity index (χ3v) is 4.68. The molecular weight excluding hydrogens is 298 g/mol. The molecule has 1 aromatic heterocycles. The van der Waals surface area contributed by atoms with Gasteiger partial charge in [0.1, 0.15) is 0 Å². The highest BCUT2D eigenvalue weighted by Gasteiger charge is 2.17. The average molecular weight is 316 g/mol. The molecule has 0 bridgehead atoms. The first kappa shape index (κ1) is 12.9. The van der Waals surface area contributed by atoms with Crippen LogP contribution in [0.15, 0.2) is 20.9 Å².